The van der Waals surface area contributed by atoms with Gasteiger partial charge in [-0.05, 0) is 6.07 Å². The van der Waals surface area contributed by atoms with Gasteiger partial charge in [-0.3, -0.25) is 9.55 Å². The Bertz CT molecular complexity index is 497. The van der Waals surface area contributed by atoms with E-state index in [0.29, 0.717) is 17.3 Å². The molecule has 2 aromatic rings. The van der Waals surface area contributed by atoms with Gasteiger partial charge in [-0.25, -0.2) is 4.79 Å². The molecule has 0 atom stereocenters. The highest BCUT2D eigenvalue weighted by molar-refractivity contribution is 5.74. The SMILES string of the molecule is O=CCn1c(=O)[nH]c2ccncc21. The predicted octanol–water partition coefficient (Wildman–Crippen LogP) is -0.0765. The van der Waals surface area contributed by atoms with E-state index in [1.165, 1.54) is 4.57 Å². The quantitative estimate of drug-likeness (QED) is 0.652. The van der Waals surface area contributed by atoms with Gasteiger partial charge in [0.05, 0.1) is 23.8 Å². The summed E-state index contributed by atoms with van der Waals surface area (Å²) < 4.78 is 1.34. The number of hydrogen-bond acceptors (Lipinski definition) is 3. The van der Waals surface area contributed by atoms with Crippen molar-refractivity contribution in [2.45, 2.75) is 6.54 Å². The van der Waals surface area contributed by atoms with Crippen molar-refractivity contribution in [2.75, 3.05) is 0 Å². The third-order valence-corrected chi connectivity index (χ3v) is 1.83. The summed E-state index contributed by atoms with van der Waals surface area (Å²) in [4.78, 5) is 28.0. The molecule has 0 amide bonds. The van der Waals surface area contributed by atoms with Gasteiger partial charge in [0.15, 0.2) is 0 Å². The van der Waals surface area contributed by atoms with Crippen LogP contribution in [0, 0.1) is 0 Å². The van der Waals surface area contributed by atoms with E-state index in [9.17, 15) is 9.59 Å². The summed E-state index contributed by atoms with van der Waals surface area (Å²) in [7, 11) is 0. The van der Waals surface area contributed by atoms with Gasteiger partial charge in [0.1, 0.15) is 6.29 Å². The summed E-state index contributed by atoms with van der Waals surface area (Å²) in [5.41, 5.74) is 1.07. The van der Waals surface area contributed by atoms with Crippen LogP contribution in [0.4, 0.5) is 0 Å². The molecule has 5 nitrogen and oxygen atoms in total. The van der Waals surface area contributed by atoms with Crippen molar-refractivity contribution in [3.05, 3.63) is 28.9 Å². The lowest BCUT2D eigenvalue weighted by Crippen LogP contribution is -2.17. The number of aromatic amines is 1. The molecular formula is C8H7N3O2. The van der Waals surface area contributed by atoms with Crippen molar-refractivity contribution < 1.29 is 4.79 Å². The van der Waals surface area contributed by atoms with Crippen LogP contribution in [-0.2, 0) is 11.3 Å². The Balaban J connectivity index is 2.78. The second-order valence-electron chi connectivity index (χ2n) is 2.60. The summed E-state index contributed by atoms with van der Waals surface area (Å²) in [6, 6.07) is 1.69. The first-order valence-electron chi connectivity index (χ1n) is 3.79. The van der Waals surface area contributed by atoms with Crippen LogP contribution >= 0.6 is 0 Å². The molecule has 5 heteroatoms. The molecule has 0 radical (unpaired) electrons. The summed E-state index contributed by atoms with van der Waals surface area (Å²) in [6.45, 7) is 0.0600. The largest absolute Gasteiger partial charge is 0.326 e. The molecule has 2 aromatic heterocycles. The molecular weight excluding hydrogens is 170 g/mol. The molecule has 0 aliphatic carbocycles. The third-order valence-electron chi connectivity index (χ3n) is 1.83. The zero-order valence-corrected chi connectivity index (χ0v) is 6.73. The maximum absolute atomic E-state index is 11.2. The van der Waals surface area contributed by atoms with E-state index >= 15 is 0 Å². The molecule has 0 saturated heterocycles. The second kappa shape index (κ2) is 2.85. The number of H-pyrrole nitrogens is 1. The van der Waals surface area contributed by atoms with Crippen LogP contribution in [0.25, 0.3) is 11.0 Å². The molecule has 66 valence electrons. The first kappa shape index (κ1) is 7.72. The lowest BCUT2D eigenvalue weighted by Gasteiger charge is -1.93. The molecule has 0 aliphatic heterocycles. The molecule has 0 spiro atoms. The summed E-state index contributed by atoms with van der Waals surface area (Å²) >= 11 is 0. The lowest BCUT2D eigenvalue weighted by molar-refractivity contribution is -0.108. The maximum atomic E-state index is 11.2. The van der Waals surface area contributed by atoms with Crippen molar-refractivity contribution in [3.63, 3.8) is 0 Å². The second-order valence-corrected chi connectivity index (χ2v) is 2.60. The number of aldehydes is 1. The number of aromatic nitrogens is 3. The van der Waals surface area contributed by atoms with Gasteiger partial charge in [0, 0.05) is 6.20 Å². The summed E-state index contributed by atoms with van der Waals surface area (Å²) in [6.07, 6.45) is 3.82. The highest BCUT2D eigenvalue weighted by atomic mass is 16.1. The van der Waals surface area contributed by atoms with Crippen LogP contribution < -0.4 is 5.69 Å². The summed E-state index contributed by atoms with van der Waals surface area (Å²) in [5.74, 6) is 0. The molecule has 1 N–H and O–H groups in total. The minimum absolute atomic E-state index is 0.0600. The van der Waals surface area contributed by atoms with Gasteiger partial charge < -0.3 is 9.78 Å². The number of carbonyl (C=O) groups excluding carboxylic acids is 1. The van der Waals surface area contributed by atoms with Gasteiger partial charge in [0.25, 0.3) is 0 Å². The number of nitrogens with one attached hydrogen (secondary N) is 1. The van der Waals surface area contributed by atoms with Gasteiger partial charge in [-0.15, -0.1) is 0 Å². The molecule has 0 aliphatic rings. The van der Waals surface area contributed by atoms with E-state index < -0.39 is 0 Å². The first-order chi connectivity index (χ1) is 6.33. The Labute approximate surface area is 73.0 Å². The molecule has 2 heterocycles. The van der Waals surface area contributed by atoms with Crippen LogP contribution in [0.5, 0.6) is 0 Å². The highest BCUT2D eigenvalue weighted by Crippen LogP contribution is 2.05. The van der Waals surface area contributed by atoms with Crippen LogP contribution in [-0.4, -0.2) is 20.8 Å². The number of pyridine rings is 1. The Kier molecular flexibility index (Phi) is 1.70. The van der Waals surface area contributed by atoms with E-state index in [4.69, 9.17) is 0 Å². The number of nitrogens with zero attached hydrogens (tertiary/aromatic N) is 2. The monoisotopic (exact) mass is 177 g/mol. The smallest absolute Gasteiger partial charge is 0.305 e. The maximum Gasteiger partial charge on any atom is 0.326 e. The lowest BCUT2D eigenvalue weighted by atomic mass is 10.4. The fraction of sp³-hybridized carbons (Fsp3) is 0.125. The average molecular weight is 177 g/mol. The Morgan fingerprint density at radius 3 is 3.23 bits per heavy atom. The Morgan fingerprint density at radius 1 is 1.62 bits per heavy atom. The van der Waals surface area contributed by atoms with Gasteiger partial charge in [0.2, 0.25) is 0 Å². The zero-order chi connectivity index (χ0) is 9.26. The molecule has 0 bridgehead atoms. The number of rotatable bonds is 2. The first-order valence-corrected chi connectivity index (χ1v) is 3.79. The van der Waals surface area contributed by atoms with Gasteiger partial charge in [-0.1, -0.05) is 0 Å². The normalized spacial score (nSPS) is 10.5. The molecule has 13 heavy (non-hydrogen) atoms. The van der Waals surface area contributed by atoms with Crippen LogP contribution in [0.1, 0.15) is 0 Å². The van der Waals surface area contributed by atoms with Gasteiger partial charge >= 0.3 is 5.69 Å². The topological polar surface area (TPSA) is 67.8 Å². The molecule has 0 fully saturated rings. The summed E-state index contributed by atoms with van der Waals surface area (Å²) in [5, 5.41) is 0. The van der Waals surface area contributed by atoms with Crippen molar-refractivity contribution in [3.8, 4) is 0 Å². The van der Waals surface area contributed by atoms with Crippen molar-refractivity contribution in [1.82, 2.24) is 14.5 Å². The number of fused-ring (bicyclic) bond motifs is 1. The predicted molar refractivity (Wildman–Crippen MR) is 46.4 cm³/mol. The van der Waals surface area contributed by atoms with Crippen LogP contribution in [0.15, 0.2) is 23.3 Å². The van der Waals surface area contributed by atoms with Crippen molar-refractivity contribution in [1.29, 1.82) is 0 Å². The van der Waals surface area contributed by atoms with Crippen LogP contribution in [0.2, 0.25) is 0 Å². The fourth-order valence-corrected chi connectivity index (χ4v) is 1.25. The van der Waals surface area contributed by atoms with Crippen LogP contribution in [0.3, 0.4) is 0 Å². The van der Waals surface area contributed by atoms with E-state index in [0.717, 1.165) is 0 Å². The molecule has 0 saturated carbocycles. The number of imidazole rings is 1. The van der Waals surface area contributed by atoms with E-state index in [1.54, 1.807) is 18.5 Å². The standard InChI is InChI=1S/C8H7N3O2/c12-4-3-11-7-5-9-2-1-6(7)10-8(11)13/h1-2,4-5H,3H2,(H,10,13). The number of hydrogen-bond donors (Lipinski definition) is 1. The molecule has 2 rings (SSSR count). The van der Waals surface area contributed by atoms with E-state index in [-0.39, 0.29) is 12.2 Å². The third kappa shape index (κ3) is 1.14. The minimum atomic E-state index is -0.282. The zero-order valence-electron chi connectivity index (χ0n) is 6.73. The van der Waals surface area contributed by atoms with E-state index in [2.05, 4.69) is 9.97 Å². The van der Waals surface area contributed by atoms with E-state index in [1.807, 2.05) is 0 Å². The fourth-order valence-electron chi connectivity index (χ4n) is 1.25. The minimum Gasteiger partial charge on any atom is -0.305 e. The van der Waals surface area contributed by atoms with Gasteiger partial charge in [-0.2, -0.15) is 0 Å². The molecule has 0 unspecified atom stereocenters. The highest BCUT2D eigenvalue weighted by Gasteiger charge is 2.04. The Hall–Kier alpha value is -1.91. The average Bonchev–Trinajstić information content (AvgIpc) is 2.44. The Morgan fingerprint density at radius 2 is 2.46 bits per heavy atom. The molecule has 0 aromatic carbocycles. The number of carbonyl (C=O) groups is 1. The van der Waals surface area contributed by atoms with Crippen molar-refractivity contribution in [2.24, 2.45) is 0 Å². The van der Waals surface area contributed by atoms with Crippen molar-refractivity contribution >= 4 is 17.3 Å².